The van der Waals surface area contributed by atoms with Gasteiger partial charge in [-0.15, -0.1) is 0 Å². The number of amides is 1. The molecule has 4 rings (SSSR count). The second-order valence-corrected chi connectivity index (χ2v) is 12.5. The number of halogens is 1. The van der Waals surface area contributed by atoms with Crippen LogP contribution in [0.15, 0.2) is 92.4 Å². The number of aliphatic hydroxyl groups excluding tert-OH is 1. The van der Waals surface area contributed by atoms with Crippen molar-refractivity contribution in [2.24, 2.45) is 4.99 Å². The summed E-state index contributed by atoms with van der Waals surface area (Å²) >= 11 is 4.53. The van der Waals surface area contributed by atoms with E-state index >= 15 is 0 Å². The smallest absolute Gasteiger partial charge is 0.344 e. The van der Waals surface area contributed by atoms with Gasteiger partial charge in [-0.3, -0.25) is 4.79 Å². The molecule has 1 N–H and O–H groups in total. The Morgan fingerprint density at radius 2 is 1.71 bits per heavy atom. The normalized spacial score (nSPS) is 15.5. The lowest BCUT2D eigenvalue weighted by Gasteiger charge is -2.18. The van der Waals surface area contributed by atoms with Gasteiger partial charge in [0.2, 0.25) is 0 Å². The number of aryl methyl sites for hydroxylation is 1. The van der Waals surface area contributed by atoms with Crippen molar-refractivity contribution in [1.29, 1.82) is 0 Å². The quantitative estimate of drug-likeness (QED) is 0.263. The second kappa shape index (κ2) is 12.9. The number of nitrogens with zero attached hydrogens (tertiary/aromatic N) is 1. The van der Waals surface area contributed by atoms with Crippen molar-refractivity contribution in [1.82, 2.24) is 0 Å². The summed E-state index contributed by atoms with van der Waals surface area (Å²) in [4.78, 5) is 30.5. The van der Waals surface area contributed by atoms with E-state index in [1.807, 2.05) is 61.5 Å². The van der Waals surface area contributed by atoms with E-state index in [1.165, 1.54) is 5.56 Å². The molecule has 1 heterocycles. The van der Waals surface area contributed by atoms with E-state index in [2.05, 4.69) is 41.7 Å². The van der Waals surface area contributed by atoms with E-state index in [-0.39, 0.29) is 28.4 Å². The van der Waals surface area contributed by atoms with Gasteiger partial charge in [0.15, 0.2) is 0 Å². The number of carbonyl (C=O) groups is 2. The number of hydrogen-bond acceptors (Lipinski definition) is 6. The molecule has 8 heteroatoms. The van der Waals surface area contributed by atoms with E-state index < -0.39 is 11.9 Å². The maximum absolute atomic E-state index is 13.1. The van der Waals surface area contributed by atoms with Crippen LogP contribution in [0.4, 0.5) is 0 Å². The summed E-state index contributed by atoms with van der Waals surface area (Å²) in [6.07, 6.45) is 1.71. The third kappa shape index (κ3) is 7.57. The number of aliphatic imine (C=N–C) groups is 1. The average Bonchev–Trinajstić information content (AvgIpc) is 3.22. The molecule has 0 radical (unpaired) electrons. The van der Waals surface area contributed by atoms with Crippen molar-refractivity contribution in [2.45, 2.75) is 46.6 Å². The summed E-state index contributed by atoms with van der Waals surface area (Å²) in [6, 6.07) is 20.8. The van der Waals surface area contributed by atoms with Crippen LogP contribution in [0.3, 0.4) is 0 Å². The molecule has 0 saturated carbocycles. The molecule has 0 bridgehead atoms. The number of carbonyl (C=O) groups excluding carboxylic acids is 2. The number of esters is 1. The van der Waals surface area contributed by atoms with E-state index in [0.29, 0.717) is 28.4 Å². The number of benzene rings is 3. The van der Waals surface area contributed by atoms with Crippen molar-refractivity contribution < 1.29 is 24.2 Å². The van der Waals surface area contributed by atoms with Crippen LogP contribution in [-0.4, -0.2) is 28.6 Å². The fourth-order valence-electron chi connectivity index (χ4n) is 4.01. The third-order valence-corrected chi connectivity index (χ3v) is 7.86. The van der Waals surface area contributed by atoms with Gasteiger partial charge in [-0.25, -0.2) is 9.79 Å². The van der Waals surface area contributed by atoms with Crippen LogP contribution in [0, 0.1) is 6.92 Å². The molecule has 0 unspecified atom stereocenters. The first-order valence-corrected chi connectivity index (χ1v) is 14.8. The highest BCUT2D eigenvalue weighted by atomic mass is 79.9. The first-order valence-electron chi connectivity index (χ1n) is 13.2. The van der Waals surface area contributed by atoms with Gasteiger partial charge in [0, 0.05) is 15.6 Å². The topological polar surface area (TPSA) is 85.2 Å². The van der Waals surface area contributed by atoms with Crippen LogP contribution >= 0.6 is 27.7 Å². The Hall–Kier alpha value is -3.62. The van der Waals surface area contributed by atoms with E-state index in [9.17, 15) is 14.7 Å². The zero-order valence-corrected chi connectivity index (χ0v) is 26.1. The molecule has 1 aliphatic heterocycles. The van der Waals surface area contributed by atoms with Gasteiger partial charge in [0.25, 0.3) is 5.91 Å². The van der Waals surface area contributed by atoms with Crippen LogP contribution in [0.2, 0.25) is 0 Å². The van der Waals surface area contributed by atoms with E-state index in [4.69, 9.17) is 9.47 Å². The lowest BCUT2D eigenvalue weighted by Crippen LogP contribution is -2.14. The number of thioether (sulfide) groups is 1. The largest absolute Gasteiger partial charge is 0.506 e. The zero-order chi connectivity index (χ0) is 29.7. The molecule has 0 spiro atoms. The highest BCUT2D eigenvalue weighted by Crippen LogP contribution is 2.41. The minimum absolute atomic E-state index is 0.0603. The zero-order valence-electron chi connectivity index (χ0n) is 23.7. The molecule has 6 nitrogen and oxygen atoms in total. The number of ether oxygens (including phenoxy) is 2. The lowest BCUT2D eigenvalue weighted by molar-refractivity contribution is -0.138. The summed E-state index contributed by atoms with van der Waals surface area (Å²) in [5.74, 6) is -0.977. The Balaban J connectivity index is 1.66. The SMILES string of the molecule is CCOC(=O)C1=C(O)C(=Cc2cc(Br)ccc2OCc2ccc(C)cc2)SC1=NC(=O)c1ccc(C(C)(C)C)cc1. The molecule has 1 aliphatic rings. The Morgan fingerprint density at radius 1 is 1.02 bits per heavy atom. The van der Waals surface area contributed by atoms with Crippen molar-refractivity contribution in [2.75, 3.05) is 6.61 Å². The van der Waals surface area contributed by atoms with Crippen molar-refractivity contribution >= 4 is 50.7 Å². The molecule has 0 atom stereocenters. The average molecular weight is 635 g/mol. The number of rotatable bonds is 7. The van der Waals surface area contributed by atoms with E-state index in [1.54, 1.807) is 25.1 Å². The lowest BCUT2D eigenvalue weighted by atomic mass is 9.87. The van der Waals surface area contributed by atoms with Crippen LogP contribution in [0.5, 0.6) is 5.75 Å². The maximum Gasteiger partial charge on any atom is 0.344 e. The minimum atomic E-state index is -0.749. The van der Waals surface area contributed by atoms with Crippen LogP contribution in [-0.2, 0) is 21.6 Å². The number of hydrogen-bond donors (Lipinski definition) is 1. The first-order chi connectivity index (χ1) is 19.5. The predicted octanol–water partition coefficient (Wildman–Crippen LogP) is 8.34. The molecule has 1 amide bonds. The molecule has 0 aliphatic carbocycles. The molecule has 3 aromatic rings. The summed E-state index contributed by atoms with van der Waals surface area (Å²) in [7, 11) is 0. The van der Waals surface area contributed by atoms with Crippen molar-refractivity contribution in [3.05, 3.63) is 115 Å². The highest BCUT2D eigenvalue weighted by molar-refractivity contribution is 9.10. The van der Waals surface area contributed by atoms with Gasteiger partial charge in [-0.1, -0.05) is 90.4 Å². The Labute approximate surface area is 253 Å². The van der Waals surface area contributed by atoms with Crippen molar-refractivity contribution in [3.63, 3.8) is 0 Å². The van der Waals surface area contributed by atoms with Crippen LogP contribution in [0.25, 0.3) is 6.08 Å². The minimum Gasteiger partial charge on any atom is -0.506 e. The molecule has 0 saturated heterocycles. The standard InChI is InChI=1S/C33H32BrNO5S/c1-6-39-32(38)28-29(36)27(41-31(28)35-30(37)22-11-13-24(14-12-22)33(3,4)5)18-23-17-25(34)15-16-26(23)40-19-21-9-7-20(2)8-10-21/h7-18,36H,6,19H2,1-5H3. The Bertz CT molecular complexity index is 1550. The van der Waals surface area contributed by atoms with Crippen LogP contribution in [0.1, 0.15) is 60.3 Å². The summed E-state index contributed by atoms with van der Waals surface area (Å²) < 4.78 is 12.1. The molecule has 0 aromatic heterocycles. The molecule has 41 heavy (non-hydrogen) atoms. The highest BCUT2D eigenvalue weighted by Gasteiger charge is 2.34. The van der Waals surface area contributed by atoms with Gasteiger partial charge in [-0.2, -0.15) is 0 Å². The Kier molecular flexibility index (Phi) is 9.56. The van der Waals surface area contributed by atoms with Gasteiger partial charge < -0.3 is 14.6 Å². The molecule has 3 aromatic carbocycles. The fraction of sp³-hybridized carbons (Fsp3) is 0.242. The predicted molar refractivity (Wildman–Crippen MR) is 168 cm³/mol. The second-order valence-electron chi connectivity index (χ2n) is 10.6. The van der Waals surface area contributed by atoms with Crippen LogP contribution < -0.4 is 4.74 Å². The number of aliphatic hydroxyl groups is 1. The summed E-state index contributed by atoms with van der Waals surface area (Å²) in [6.45, 7) is 10.4. The third-order valence-electron chi connectivity index (χ3n) is 6.34. The first kappa shape index (κ1) is 30.3. The molecular weight excluding hydrogens is 602 g/mol. The maximum atomic E-state index is 13.1. The van der Waals surface area contributed by atoms with Gasteiger partial charge >= 0.3 is 5.97 Å². The molecule has 0 fully saturated rings. The van der Waals surface area contributed by atoms with Crippen molar-refractivity contribution in [3.8, 4) is 5.75 Å². The van der Waals surface area contributed by atoms with E-state index in [0.717, 1.165) is 27.4 Å². The van der Waals surface area contributed by atoms with Gasteiger partial charge in [0.1, 0.15) is 28.7 Å². The Morgan fingerprint density at radius 3 is 2.34 bits per heavy atom. The summed E-state index contributed by atoms with van der Waals surface area (Å²) in [5.41, 5.74) is 4.12. The van der Waals surface area contributed by atoms with Gasteiger partial charge in [0.05, 0.1) is 11.5 Å². The summed E-state index contributed by atoms with van der Waals surface area (Å²) in [5, 5.41) is 11.2. The molecular formula is C33H32BrNO5S. The molecule has 212 valence electrons. The fourth-order valence-corrected chi connectivity index (χ4v) is 5.39. The van der Waals surface area contributed by atoms with Gasteiger partial charge in [-0.05, 0) is 66.8 Å². The monoisotopic (exact) mass is 633 g/mol.